The Labute approximate surface area is 142 Å². The lowest BCUT2D eigenvalue weighted by Crippen LogP contribution is -2.26. The molecule has 0 bridgehead atoms. The summed E-state index contributed by atoms with van der Waals surface area (Å²) < 4.78 is 10.4. The number of benzene rings is 2. The lowest BCUT2D eigenvalue weighted by molar-refractivity contribution is 0.0848. The molecular formula is C19H22N2O3. The number of nitrogens with zero attached hydrogens (tertiary/aromatic N) is 1. The van der Waals surface area contributed by atoms with Crippen LogP contribution in [0.15, 0.2) is 53.7 Å². The summed E-state index contributed by atoms with van der Waals surface area (Å²) in [5.74, 6) is 1.71. The van der Waals surface area contributed by atoms with E-state index in [1.165, 1.54) is 5.56 Å². The zero-order chi connectivity index (χ0) is 16.8. The molecule has 1 N–H and O–H groups in total. The molecule has 3 rings (SSSR count). The molecule has 2 aromatic rings. The lowest BCUT2D eigenvalue weighted by atomic mass is 10.0. The van der Waals surface area contributed by atoms with Gasteiger partial charge in [-0.25, -0.2) is 0 Å². The number of nitrogens with one attached hydrogen (secondary N) is 1. The van der Waals surface area contributed by atoms with Crippen LogP contribution in [0, 0.1) is 0 Å². The molecule has 1 heterocycles. The Morgan fingerprint density at radius 1 is 1.08 bits per heavy atom. The first kappa shape index (κ1) is 16.3. The van der Waals surface area contributed by atoms with Crippen molar-refractivity contribution >= 4 is 5.71 Å². The molecule has 0 saturated carbocycles. The molecule has 5 heteroatoms. The van der Waals surface area contributed by atoms with Gasteiger partial charge in [-0.2, -0.15) is 0 Å². The Hall–Kier alpha value is -2.53. The minimum Gasteiger partial charge on any atom is -0.497 e. The summed E-state index contributed by atoms with van der Waals surface area (Å²) in [7, 11) is 3.34. The van der Waals surface area contributed by atoms with Gasteiger partial charge in [0, 0.05) is 19.5 Å². The first-order chi connectivity index (χ1) is 11.8. The minimum absolute atomic E-state index is 0.0627. The van der Waals surface area contributed by atoms with Gasteiger partial charge in [0.15, 0.2) is 0 Å². The van der Waals surface area contributed by atoms with E-state index in [1.807, 2.05) is 42.5 Å². The van der Waals surface area contributed by atoms with Crippen LogP contribution < -0.4 is 14.8 Å². The van der Waals surface area contributed by atoms with E-state index in [-0.39, 0.29) is 6.10 Å². The molecule has 0 amide bonds. The van der Waals surface area contributed by atoms with Crippen LogP contribution in [0.1, 0.15) is 17.5 Å². The highest BCUT2D eigenvalue weighted by molar-refractivity contribution is 6.01. The first-order valence-electron chi connectivity index (χ1n) is 7.99. The van der Waals surface area contributed by atoms with Gasteiger partial charge in [0.05, 0.1) is 19.9 Å². The molecule has 0 aromatic heterocycles. The van der Waals surface area contributed by atoms with Crippen LogP contribution >= 0.6 is 0 Å². The quantitative estimate of drug-likeness (QED) is 0.850. The van der Waals surface area contributed by atoms with E-state index < -0.39 is 0 Å². The van der Waals surface area contributed by atoms with Crippen molar-refractivity contribution in [3.63, 3.8) is 0 Å². The number of ether oxygens (including phenoxy) is 2. The summed E-state index contributed by atoms with van der Waals surface area (Å²) in [6.45, 7) is 1.52. The average molecular weight is 326 g/mol. The smallest absolute Gasteiger partial charge is 0.145 e. The standard InChI is InChI=1S/C19H22N2O3/c1-22-16-8-6-15(7-9-16)19-11-18(24-21-19)13-20-12-14-4-3-5-17(10-14)23-2/h3-10,18,20H,11-13H2,1-2H3. The fourth-order valence-electron chi connectivity index (χ4n) is 2.65. The number of hydrogen-bond donors (Lipinski definition) is 1. The highest BCUT2D eigenvalue weighted by atomic mass is 16.6. The van der Waals surface area contributed by atoms with Gasteiger partial charge < -0.3 is 19.6 Å². The maximum absolute atomic E-state index is 5.53. The Bertz CT molecular complexity index is 698. The lowest BCUT2D eigenvalue weighted by Gasteiger charge is -2.10. The number of rotatable bonds is 7. The molecule has 1 unspecified atom stereocenters. The van der Waals surface area contributed by atoms with Crippen LogP contribution in [0.25, 0.3) is 0 Å². The van der Waals surface area contributed by atoms with Gasteiger partial charge in [-0.05, 0) is 47.5 Å². The van der Waals surface area contributed by atoms with Gasteiger partial charge in [0.2, 0.25) is 0 Å². The van der Waals surface area contributed by atoms with Gasteiger partial charge in [-0.15, -0.1) is 0 Å². The summed E-state index contributed by atoms with van der Waals surface area (Å²) >= 11 is 0. The van der Waals surface area contributed by atoms with Crippen molar-refractivity contribution in [3.8, 4) is 11.5 Å². The number of hydrogen-bond acceptors (Lipinski definition) is 5. The van der Waals surface area contributed by atoms with E-state index in [9.17, 15) is 0 Å². The summed E-state index contributed by atoms with van der Waals surface area (Å²) in [5, 5.41) is 7.62. The van der Waals surface area contributed by atoms with Crippen LogP contribution in [0.2, 0.25) is 0 Å². The molecule has 1 aliphatic heterocycles. The first-order valence-corrected chi connectivity index (χ1v) is 7.99. The Kier molecular flexibility index (Phi) is 5.33. The summed E-state index contributed by atoms with van der Waals surface area (Å²) in [6.07, 6.45) is 0.866. The van der Waals surface area contributed by atoms with Gasteiger partial charge >= 0.3 is 0 Å². The zero-order valence-electron chi connectivity index (χ0n) is 14.0. The van der Waals surface area contributed by atoms with Crippen LogP contribution in [0.5, 0.6) is 11.5 Å². The van der Waals surface area contributed by atoms with Crippen LogP contribution in [-0.4, -0.2) is 32.6 Å². The topological polar surface area (TPSA) is 52.1 Å². The molecule has 24 heavy (non-hydrogen) atoms. The molecule has 5 nitrogen and oxygen atoms in total. The normalized spacial score (nSPS) is 16.4. The average Bonchev–Trinajstić information content (AvgIpc) is 3.11. The van der Waals surface area contributed by atoms with Gasteiger partial charge in [-0.3, -0.25) is 0 Å². The maximum atomic E-state index is 5.53. The molecular weight excluding hydrogens is 304 g/mol. The minimum atomic E-state index is 0.0627. The Morgan fingerprint density at radius 2 is 1.88 bits per heavy atom. The van der Waals surface area contributed by atoms with Gasteiger partial charge in [0.1, 0.15) is 17.6 Å². The van der Waals surface area contributed by atoms with Crippen molar-refractivity contribution in [2.75, 3.05) is 20.8 Å². The van der Waals surface area contributed by atoms with E-state index >= 15 is 0 Å². The fourth-order valence-corrected chi connectivity index (χ4v) is 2.65. The third-order valence-corrected chi connectivity index (χ3v) is 3.99. The summed E-state index contributed by atoms with van der Waals surface area (Å²) in [5.41, 5.74) is 3.24. The molecule has 0 radical (unpaired) electrons. The number of methoxy groups -OCH3 is 2. The predicted molar refractivity (Wildman–Crippen MR) is 93.7 cm³/mol. The van der Waals surface area contributed by atoms with E-state index in [2.05, 4.69) is 16.5 Å². The SMILES string of the molecule is COc1ccc(C2=NOC(CNCc3cccc(OC)c3)C2)cc1. The van der Waals surface area contributed by atoms with Crippen molar-refractivity contribution < 1.29 is 14.3 Å². The van der Waals surface area contributed by atoms with E-state index in [0.29, 0.717) is 0 Å². The van der Waals surface area contributed by atoms with Crippen LogP contribution in [-0.2, 0) is 11.4 Å². The maximum Gasteiger partial charge on any atom is 0.145 e. The Balaban J connectivity index is 1.46. The molecule has 0 aliphatic carbocycles. The van der Waals surface area contributed by atoms with Crippen molar-refractivity contribution in [2.45, 2.75) is 19.1 Å². The monoisotopic (exact) mass is 326 g/mol. The third kappa shape index (κ3) is 4.06. The van der Waals surface area contributed by atoms with E-state index in [1.54, 1.807) is 14.2 Å². The molecule has 126 valence electrons. The highest BCUT2D eigenvalue weighted by Crippen LogP contribution is 2.19. The second-order valence-corrected chi connectivity index (χ2v) is 5.68. The predicted octanol–water partition coefficient (Wildman–Crippen LogP) is 2.99. The molecule has 0 fully saturated rings. The van der Waals surface area contributed by atoms with Crippen molar-refractivity contribution in [1.82, 2.24) is 5.32 Å². The summed E-state index contributed by atoms with van der Waals surface area (Å²) in [6, 6.07) is 15.9. The molecule has 0 saturated heterocycles. The second-order valence-electron chi connectivity index (χ2n) is 5.68. The zero-order valence-corrected chi connectivity index (χ0v) is 14.0. The molecule has 0 spiro atoms. The molecule has 1 aliphatic rings. The van der Waals surface area contributed by atoms with Crippen molar-refractivity contribution in [1.29, 1.82) is 0 Å². The van der Waals surface area contributed by atoms with Crippen LogP contribution in [0.4, 0.5) is 0 Å². The molecule has 2 aromatic carbocycles. The largest absolute Gasteiger partial charge is 0.497 e. The Morgan fingerprint density at radius 3 is 2.62 bits per heavy atom. The highest BCUT2D eigenvalue weighted by Gasteiger charge is 2.21. The van der Waals surface area contributed by atoms with Crippen molar-refractivity contribution in [3.05, 3.63) is 59.7 Å². The van der Waals surface area contributed by atoms with Crippen LogP contribution in [0.3, 0.4) is 0 Å². The number of oxime groups is 1. The van der Waals surface area contributed by atoms with Crippen molar-refractivity contribution in [2.24, 2.45) is 5.16 Å². The summed E-state index contributed by atoms with van der Waals surface area (Å²) in [4.78, 5) is 5.53. The molecule has 1 atom stereocenters. The van der Waals surface area contributed by atoms with E-state index in [4.69, 9.17) is 14.3 Å². The fraction of sp³-hybridized carbons (Fsp3) is 0.316. The van der Waals surface area contributed by atoms with E-state index in [0.717, 1.165) is 42.3 Å². The van der Waals surface area contributed by atoms with Gasteiger partial charge in [0.25, 0.3) is 0 Å². The second kappa shape index (κ2) is 7.84. The van der Waals surface area contributed by atoms with Gasteiger partial charge in [-0.1, -0.05) is 17.3 Å². The third-order valence-electron chi connectivity index (χ3n) is 3.99.